The summed E-state index contributed by atoms with van der Waals surface area (Å²) in [7, 11) is -0.769. The Kier molecular flexibility index (Phi) is 3.89. The lowest BCUT2D eigenvalue weighted by Crippen LogP contribution is -2.11. The van der Waals surface area contributed by atoms with Crippen LogP contribution in [0.5, 0.6) is 0 Å². The molecule has 2 atom stereocenters. The summed E-state index contributed by atoms with van der Waals surface area (Å²) in [4.78, 5) is 8.43. The maximum atomic E-state index is 11.2. The zero-order chi connectivity index (χ0) is 14.2. The third-order valence-corrected chi connectivity index (χ3v) is 4.44. The van der Waals surface area contributed by atoms with Crippen LogP contribution in [0.25, 0.3) is 11.0 Å². The van der Waals surface area contributed by atoms with Crippen molar-refractivity contribution < 1.29 is 4.21 Å². The van der Waals surface area contributed by atoms with Gasteiger partial charge in [-0.15, -0.1) is 0 Å². The van der Waals surface area contributed by atoms with Crippen LogP contribution in [-0.2, 0) is 10.8 Å². The lowest BCUT2D eigenvalue weighted by molar-refractivity contribution is 0.533. The van der Waals surface area contributed by atoms with E-state index in [1.54, 1.807) is 6.26 Å². The molecular formula is C13H20N4OS. The number of nitrogens with two attached hydrogens (primary N) is 1. The first-order chi connectivity index (χ1) is 8.93. The van der Waals surface area contributed by atoms with Gasteiger partial charge in [-0.3, -0.25) is 4.21 Å². The van der Waals surface area contributed by atoms with Crippen LogP contribution in [0.4, 0.5) is 5.82 Å². The number of hydrogen-bond acceptors (Lipinski definition) is 4. The van der Waals surface area contributed by atoms with Crippen molar-refractivity contribution in [3.63, 3.8) is 0 Å². The molecule has 2 rings (SSSR count). The summed E-state index contributed by atoms with van der Waals surface area (Å²) in [6.45, 7) is 6.23. The summed E-state index contributed by atoms with van der Waals surface area (Å²) in [5.74, 6) is 1.22. The lowest BCUT2D eigenvalue weighted by Gasteiger charge is -2.16. The van der Waals surface area contributed by atoms with Crippen LogP contribution in [-0.4, -0.2) is 30.8 Å². The molecule has 0 amide bonds. The Morgan fingerprint density at radius 3 is 2.74 bits per heavy atom. The van der Waals surface area contributed by atoms with Crippen LogP contribution < -0.4 is 5.73 Å². The van der Waals surface area contributed by atoms with E-state index < -0.39 is 10.8 Å². The molecule has 0 aliphatic rings. The predicted octanol–water partition coefficient (Wildman–Crippen LogP) is 1.96. The molecule has 0 saturated heterocycles. The summed E-state index contributed by atoms with van der Waals surface area (Å²) in [5.41, 5.74) is 9.09. The fraction of sp³-hybridized carbons (Fsp3) is 0.538. The SMILES string of the molecule is Cc1c(C)n(C(C)CCS(C)=O)c2ncnc(N)c12. The van der Waals surface area contributed by atoms with Gasteiger partial charge in [0.2, 0.25) is 0 Å². The quantitative estimate of drug-likeness (QED) is 0.929. The molecule has 2 heterocycles. The molecule has 5 nitrogen and oxygen atoms in total. The minimum Gasteiger partial charge on any atom is -0.383 e. The highest BCUT2D eigenvalue weighted by Crippen LogP contribution is 2.30. The highest BCUT2D eigenvalue weighted by atomic mass is 32.2. The molecule has 2 unspecified atom stereocenters. The van der Waals surface area contributed by atoms with E-state index in [4.69, 9.17) is 5.73 Å². The predicted molar refractivity (Wildman–Crippen MR) is 79.7 cm³/mol. The van der Waals surface area contributed by atoms with E-state index in [1.807, 2.05) is 6.92 Å². The van der Waals surface area contributed by atoms with Crippen LogP contribution >= 0.6 is 0 Å². The molecule has 0 aliphatic heterocycles. The summed E-state index contributed by atoms with van der Waals surface area (Å²) in [6.07, 6.45) is 4.09. The van der Waals surface area contributed by atoms with E-state index in [2.05, 4.69) is 28.4 Å². The minimum atomic E-state index is -0.769. The van der Waals surface area contributed by atoms with Crippen LogP contribution in [0.3, 0.4) is 0 Å². The first-order valence-corrected chi connectivity index (χ1v) is 8.03. The van der Waals surface area contributed by atoms with Gasteiger partial charge in [-0.1, -0.05) is 0 Å². The molecule has 0 fully saturated rings. The molecule has 0 aromatic carbocycles. The van der Waals surface area contributed by atoms with Crippen molar-refractivity contribution in [3.8, 4) is 0 Å². The van der Waals surface area contributed by atoms with Crippen LogP contribution in [0.15, 0.2) is 6.33 Å². The summed E-state index contributed by atoms with van der Waals surface area (Å²) in [6, 6.07) is 0.245. The number of nitrogens with zero attached hydrogens (tertiary/aromatic N) is 3. The molecule has 2 aromatic rings. The third kappa shape index (κ3) is 2.49. The lowest BCUT2D eigenvalue weighted by atomic mass is 10.2. The number of rotatable bonds is 4. The summed E-state index contributed by atoms with van der Waals surface area (Å²) >= 11 is 0. The number of aryl methyl sites for hydroxylation is 1. The number of hydrogen-bond donors (Lipinski definition) is 1. The Labute approximate surface area is 115 Å². The van der Waals surface area contributed by atoms with Crippen molar-refractivity contribution in [3.05, 3.63) is 17.6 Å². The van der Waals surface area contributed by atoms with Gasteiger partial charge in [0.05, 0.1) is 5.39 Å². The molecule has 0 bridgehead atoms. The van der Waals surface area contributed by atoms with Gasteiger partial charge in [0.1, 0.15) is 17.8 Å². The van der Waals surface area contributed by atoms with Crippen molar-refractivity contribution in [1.29, 1.82) is 0 Å². The van der Waals surface area contributed by atoms with Gasteiger partial charge in [-0.25, -0.2) is 9.97 Å². The van der Waals surface area contributed by atoms with Crippen molar-refractivity contribution in [2.24, 2.45) is 0 Å². The molecule has 0 aliphatic carbocycles. The molecule has 2 aromatic heterocycles. The molecule has 104 valence electrons. The minimum absolute atomic E-state index is 0.245. The molecule has 0 saturated carbocycles. The van der Waals surface area contributed by atoms with E-state index in [0.29, 0.717) is 11.6 Å². The average Bonchev–Trinajstić information content (AvgIpc) is 2.60. The zero-order valence-electron chi connectivity index (χ0n) is 11.8. The number of nitrogen functional groups attached to an aromatic ring is 1. The fourth-order valence-electron chi connectivity index (χ4n) is 2.46. The smallest absolute Gasteiger partial charge is 0.146 e. The normalized spacial score (nSPS) is 14.7. The van der Waals surface area contributed by atoms with Gasteiger partial charge in [-0.05, 0) is 32.8 Å². The Bertz CT molecular complexity index is 635. The van der Waals surface area contributed by atoms with Crippen molar-refractivity contribution >= 4 is 27.7 Å². The van der Waals surface area contributed by atoms with Crippen LogP contribution in [0.2, 0.25) is 0 Å². The molecule has 0 radical (unpaired) electrons. The van der Waals surface area contributed by atoms with Gasteiger partial charge < -0.3 is 10.3 Å². The third-order valence-electron chi connectivity index (χ3n) is 3.63. The van der Waals surface area contributed by atoms with E-state index in [1.165, 1.54) is 6.33 Å². The largest absolute Gasteiger partial charge is 0.383 e. The molecule has 2 N–H and O–H groups in total. The second kappa shape index (κ2) is 5.28. The molecule has 6 heteroatoms. The second-order valence-electron chi connectivity index (χ2n) is 4.95. The van der Waals surface area contributed by atoms with Gasteiger partial charge >= 0.3 is 0 Å². The maximum absolute atomic E-state index is 11.2. The highest BCUT2D eigenvalue weighted by molar-refractivity contribution is 7.84. The Balaban J connectivity index is 2.51. The summed E-state index contributed by atoms with van der Waals surface area (Å²) < 4.78 is 13.4. The van der Waals surface area contributed by atoms with E-state index >= 15 is 0 Å². The maximum Gasteiger partial charge on any atom is 0.146 e. The second-order valence-corrected chi connectivity index (χ2v) is 6.51. The number of aromatic nitrogens is 3. The van der Waals surface area contributed by atoms with Crippen molar-refractivity contribution in [2.75, 3.05) is 17.7 Å². The van der Waals surface area contributed by atoms with E-state index in [9.17, 15) is 4.21 Å². The average molecular weight is 280 g/mol. The monoisotopic (exact) mass is 280 g/mol. The molecule has 19 heavy (non-hydrogen) atoms. The van der Waals surface area contributed by atoms with Crippen LogP contribution in [0.1, 0.15) is 30.6 Å². The fourth-order valence-corrected chi connectivity index (χ4v) is 3.13. The topological polar surface area (TPSA) is 73.8 Å². The molecule has 0 spiro atoms. The number of fused-ring (bicyclic) bond motifs is 1. The Morgan fingerprint density at radius 2 is 2.11 bits per heavy atom. The highest BCUT2D eigenvalue weighted by Gasteiger charge is 2.18. The van der Waals surface area contributed by atoms with Crippen molar-refractivity contribution in [2.45, 2.75) is 33.2 Å². The van der Waals surface area contributed by atoms with Crippen LogP contribution in [0, 0.1) is 13.8 Å². The van der Waals surface area contributed by atoms with Crippen molar-refractivity contribution in [1.82, 2.24) is 14.5 Å². The number of anilines is 1. The Hall–Kier alpha value is -1.43. The van der Waals surface area contributed by atoms with Gasteiger partial charge in [0.25, 0.3) is 0 Å². The first-order valence-electron chi connectivity index (χ1n) is 6.31. The van der Waals surface area contributed by atoms with Gasteiger partial charge in [0, 0.05) is 34.5 Å². The molecular weight excluding hydrogens is 260 g/mol. The van der Waals surface area contributed by atoms with Gasteiger partial charge in [0.15, 0.2) is 0 Å². The first kappa shape index (κ1) is 14.0. The van der Waals surface area contributed by atoms with E-state index in [-0.39, 0.29) is 6.04 Å². The van der Waals surface area contributed by atoms with Gasteiger partial charge in [-0.2, -0.15) is 0 Å². The zero-order valence-corrected chi connectivity index (χ0v) is 12.6. The Morgan fingerprint density at radius 1 is 1.42 bits per heavy atom. The summed E-state index contributed by atoms with van der Waals surface area (Å²) in [5, 5.41) is 0.935. The van der Waals surface area contributed by atoms with E-state index in [0.717, 1.165) is 28.7 Å². The standard InChI is InChI=1S/C13H20N4OS/c1-8(5-6-19(4)18)17-10(3)9(2)11-12(14)15-7-16-13(11)17/h7-8H,5-6H2,1-4H3,(H2,14,15,16).